The van der Waals surface area contributed by atoms with Gasteiger partial charge >= 0.3 is 0 Å². The van der Waals surface area contributed by atoms with Crippen LogP contribution in [0, 0.1) is 18.3 Å². The Labute approximate surface area is 266 Å². The van der Waals surface area contributed by atoms with Gasteiger partial charge in [0.2, 0.25) is 0 Å². The fraction of sp³-hybridized carbons (Fsp3) is 0.333. The molecule has 0 spiro atoms. The lowest BCUT2D eigenvalue weighted by Crippen LogP contribution is -2.37. The number of nitrogens with zero attached hydrogens (tertiary/aromatic N) is 1. The first-order chi connectivity index (χ1) is 21.4. The van der Waals surface area contributed by atoms with Crippen LogP contribution in [0.5, 0.6) is 0 Å². The Hall–Kier alpha value is -3.93. The van der Waals surface area contributed by atoms with E-state index in [1.54, 1.807) is 12.1 Å². The topological polar surface area (TPSA) is 102 Å². The van der Waals surface area contributed by atoms with Crippen molar-refractivity contribution in [3.63, 3.8) is 0 Å². The summed E-state index contributed by atoms with van der Waals surface area (Å²) in [5.41, 5.74) is 5.33. The van der Waals surface area contributed by atoms with E-state index in [0.717, 1.165) is 49.4 Å². The molecule has 2 atom stereocenters. The molecule has 1 heterocycles. The molecule has 44 heavy (non-hydrogen) atoms. The SMILES string of the molecule is CNCCNCCC[C@@H](Cc1ccc(C#N)cc1)NC(=O)c1cc(-c2ccc(CNC(C)c3ccc(C)cc3)o2)ccc1Cl. The lowest BCUT2D eigenvalue weighted by atomic mass is 10.00. The summed E-state index contributed by atoms with van der Waals surface area (Å²) in [5.74, 6) is 1.27. The first-order valence-corrected chi connectivity index (χ1v) is 15.6. The maximum atomic E-state index is 13.6. The van der Waals surface area contributed by atoms with Gasteiger partial charge in [0.25, 0.3) is 5.91 Å². The summed E-state index contributed by atoms with van der Waals surface area (Å²) in [4.78, 5) is 13.6. The molecule has 0 radical (unpaired) electrons. The third-order valence-electron chi connectivity index (χ3n) is 7.68. The largest absolute Gasteiger partial charge is 0.460 e. The summed E-state index contributed by atoms with van der Waals surface area (Å²) in [5, 5.41) is 22.8. The average molecular weight is 612 g/mol. The summed E-state index contributed by atoms with van der Waals surface area (Å²) in [6.45, 7) is 7.45. The number of halogens is 1. The maximum absolute atomic E-state index is 13.6. The standard InChI is InChI=1S/C36H42ClN5O2/c1-25-6-12-29(13-7-25)26(2)41-24-32-15-17-35(44-32)30-14-16-34(37)33(22-30)36(43)42-31(5-4-18-40-20-19-39-3)21-27-8-10-28(23-38)11-9-27/h6-17,22,26,31,39-41H,4-5,18-21,24H2,1-3H3,(H,42,43)/t26?,31-/m0/s1. The highest BCUT2D eigenvalue weighted by Gasteiger charge is 2.19. The first kappa shape index (κ1) is 33.0. The molecule has 8 heteroatoms. The van der Waals surface area contributed by atoms with E-state index in [2.05, 4.69) is 65.4 Å². The van der Waals surface area contributed by atoms with Crippen molar-refractivity contribution in [3.05, 3.63) is 117 Å². The second kappa shape index (κ2) is 16.8. The van der Waals surface area contributed by atoms with Crippen molar-refractivity contribution < 1.29 is 9.21 Å². The minimum atomic E-state index is -0.223. The Balaban J connectivity index is 1.41. The smallest absolute Gasteiger partial charge is 0.253 e. The molecule has 0 aliphatic rings. The summed E-state index contributed by atoms with van der Waals surface area (Å²) in [6, 6.07) is 27.5. The number of nitriles is 1. The van der Waals surface area contributed by atoms with Crippen molar-refractivity contribution >= 4 is 17.5 Å². The molecule has 1 amide bonds. The van der Waals surface area contributed by atoms with Crippen LogP contribution in [0.2, 0.25) is 5.02 Å². The molecule has 0 saturated heterocycles. The number of carbonyl (C=O) groups is 1. The summed E-state index contributed by atoms with van der Waals surface area (Å²) in [6.07, 6.45) is 2.36. The van der Waals surface area contributed by atoms with Crippen LogP contribution in [-0.2, 0) is 13.0 Å². The molecule has 0 bridgehead atoms. The van der Waals surface area contributed by atoms with Gasteiger partial charge in [0.15, 0.2) is 0 Å². The van der Waals surface area contributed by atoms with Crippen molar-refractivity contribution in [3.8, 4) is 17.4 Å². The van der Waals surface area contributed by atoms with Gasteiger partial charge in [0.1, 0.15) is 11.5 Å². The van der Waals surface area contributed by atoms with Gasteiger partial charge in [-0.05, 0) is 100 Å². The molecule has 4 N–H and O–H groups in total. The monoisotopic (exact) mass is 611 g/mol. The Kier molecular flexibility index (Phi) is 12.6. The number of carbonyl (C=O) groups excluding carboxylic acids is 1. The minimum absolute atomic E-state index is 0.0990. The Morgan fingerprint density at radius 2 is 1.75 bits per heavy atom. The fourth-order valence-corrected chi connectivity index (χ4v) is 5.21. The van der Waals surface area contributed by atoms with E-state index < -0.39 is 0 Å². The van der Waals surface area contributed by atoms with Crippen molar-refractivity contribution in [1.29, 1.82) is 5.26 Å². The minimum Gasteiger partial charge on any atom is -0.460 e. The first-order valence-electron chi connectivity index (χ1n) is 15.2. The summed E-state index contributed by atoms with van der Waals surface area (Å²) >= 11 is 6.54. The number of aryl methyl sites for hydroxylation is 1. The molecular weight excluding hydrogens is 570 g/mol. The number of rotatable bonds is 16. The molecule has 4 rings (SSSR count). The van der Waals surface area contributed by atoms with Gasteiger partial charge < -0.3 is 25.7 Å². The second-order valence-electron chi connectivity index (χ2n) is 11.2. The Morgan fingerprint density at radius 1 is 0.977 bits per heavy atom. The molecule has 7 nitrogen and oxygen atoms in total. The number of hydrogen-bond acceptors (Lipinski definition) is 6. The molecule has 230 valence electrons. The van der Waals surface area contributed by atoms with Gasteiger partial charge in [-0.15, -0.1) is 0 Å². The number of furan rings is 1. The van der Waals surface area contributed by atoms with Gasteiger partial charge in [-0.3, -0.25) is 4.79 Å². The quantitative estimate of drug-likeness (QED) is 0.107. The van der Waals surface area contributed by atoms with Crippen LogP contribution in [0.4, 0.5) is 0 Å². The zero-order valence-corrected chi connectivity index (χ0v) is 26.5. The van der Waals surface area contributed by atoms with Gasteiger partial charge in [-0.2, -0.15) is 5.26 Å². The van der Waals surface area contributed by atoms with Crippen molar-refractivity contribution in [1.82, 2.24) is 21.3 Å². The number of likely N-dealkylation sites (N-methyl/N-ethyl adjacent to an activating group) is 1. The Bertz CT molecular complexity index is 1530. The summed E-state index contributed by atoms with van der Waals surface area (Å²) < 4.78 is 6.15. The summed E-state index contributed by atoms with van der Waals surface area (Å²) in [7, 11) is 1.93. The highest BCUT2D eigenvalue weighted by molar-refractivity contribution is 6.34. The number of hydrogen-bond donors (Lipinski definition) is 4. The molecule has 0 aliphatic heterocycles. The number of nitrogens with one attached hydrogen (secondary N) is 4. The van der Waals surface area contributed by atoms with Crippen molar-refractivity contribution in [2.75, 3.05) is 26.7 Å². The van der Waals surface area contributed by atoms with E-state index >= 15 is 0 Å². The predicted molar refractivity (Wildman–Crippen MR) is 178 cm³/mol. The number of benzene rings is 3. The van der Waals surface area contributed by atoms with Crippen LogP contribution < -0.4 is 21.3 Å². The van der Waals surface area contributed by atoms with Crippen LogP contribution >= 0.6 is 11.6 Å². The second-order valence-corrected chi connectivity index (χ2v) is 11.6. The van der Waals surface area contributed by atoms with Gasteiger partial charge in [-0.1, -0.05) is 53.6 Å². The fourth-order valence-electron chi connectivity index (χ4n) is 5.01. The van der Waals surface area contributed by atoms with E-state index in [4.69, 9.17) is 21.3 Å². The zero-order chi connectivity index (χ0) is 31.3. The molecule has 1 aromatic heterocycles. The third kappa shape index (κ3) is 9.80. The molecule has 3 aromatic carbocycles. The van der Waals surface area contributed by atoms with E-state index in [1.807, 2.05) is 49.5 Å². The van der Waals surface area contributed by atoms with Crippen molar-refractivity contribution in [2.24, 2.45) is 0 Å². The zero-order valence-electron chi connectivity index (χ0n) is 25.8. The molecule has 4 aromatic rings. The lowest BCUT2D eigenvalue weighted by molar-refractivity contribution is 0.0934. The third-order valence-corrected chi connectivity index (χ3v) is 8.00. The van der Waals surface area contributed by atoms with E-state index in [1.165, 1.54) is 11.1 Å². The average Bonchev–Trinajstić information content (AvgIpc) is 3.51. The van der Waals surface area contributed by atoms with Crippen LogP contribution in [0.25, 0.3) is 11.3 Å². The molecule has 0 fully saturated rings. The molecular formula is C36H42ClN5O2. The molecule has 0 saturated carbocycles. The van der Waals surface area contributed by atoms with E-state index in [0.29, 0.717) is 34.9 Å². The van der Waals surface area contributed by atoms with E-state index in [-0.39, 0.29) is 18.0 Å². The van der Waals surface area contributed by atoms with Crippen LogP contribution in [0.3, 0.4) is 0 Å². The normalized spacial score (nSPS) is 12.4. The van der Waals surface area contributed by atoms with Gasteiger partial charge in [0, 0.05) is 30.7 Å². The molecule has 1 unspecified atom stereocenters. The van der Waals surface area contributed by atoms with E-state index in [9.17, 15) is 4.79 Å². The van der Waals surface area contributed by atoms with Crippen molar-refractivity contribution in [2.45, 2.75) is 51.7 Å². The van der Waals surface area contributed by atoms with Crippen LogP contribution in [0.1, 0.15) is 64.2 Å². The lowest BCUT2D eigenvalue weighted by Gasteiger charge is -2.20. The predicted octanol–water partition coefficient (Wildman–Crippen LogP) is 6.56. The van der Waals surface area contributed by atoms with Gasteiger partial charge in [-0.25, -0.2) is 0 Å². The molecule has 0 aliphatic carbocycles. The van der Waals surface area contributed by atoms with Crippen LogP contribution in [0.15, 0.2) is 83.3 Å². The van der Waals surface area contributed by atoms with Crippen LogP contribution in [-0.4, -0.2) is 38.6 Å². The number of amides is 1. The Morgan fingerprint density at radius 3 is 2.48 bits per heavy atom. The maximum Gasteiger partial charge on any atom is 0.253 e. The highest BCUT2D eigenvalue weighted by Crippen LogP contribution is 2.28. The van der Waals surface area contributed by atoms with Gasteiger partial charge in [0.05, 0.1) is 28.8 Å². The highest BCUT2D eigenvalue weighted by atomic mass is 35.5.